The van der Waals surface area contributed by atoms with Gasteiger partial charge in [-0.25, -0.2) is 4.79 Å². The first kappa shape index (κ1) is 14.1. The second-order valence-corrected chi connectivity index (χ2v) is 3.84. The van der Waals surface area contributed by atoms with Gasteiger partial charge in [0.2, 0.25) is 0 Å². The maximum absolute atomic E-state index is 10.8. The summed E-state index contributed by atoms with van der Waals surface area (Å²) in [4.78, 5) is 10.8. The SMILES string of the molecule is CCC/C(=C\C(=O)O)c1cccc(OCC)c1O. The fourth-order valence-corrected chi connectivity index (χ4v) is 1.76. The number of ether oxygens (including phenoxy) is 1. The molecule has 0 spiro atoms. The molecule has 0 aliphatic rings. The highest BCUT2D eigenvalue weighted by Crippen LogP contribution is 2.35. The summed E-state index contributed by atoms with van der Waals surface area (Å²) in [7, 11) is 0. The number of rotatable bonds is 6. The molecule has 0 saturated carbocycles. The molecule has 0 fully saturated rings. The largest absolute Gasteiger partial charge is 0.504 e. The van der Waals surface area contributed by atoms with Gasteiger partial charge in [-0.1, -0.05) is 25.5 Å². The first-order valence-electron chi connectivity index (χ1n) is 5.98. The van der Waals surface area contributed by atoms with Crippen LogP contribution >= 0.6 is 0 Å². The molecule has 0 aliphatic heterocycles. The van der Waals surface area contributed by atoms with E-state index >= 15 is 0 Å². The fourth-order valence-electron chi connectivity index (χ4n) is 1.76. The zero-order valence-corrected chi connectivity index (χ0v) is 10.6. The minimum Gasteiger partial charge on any atom is -0.504 e. The summed E-state index contributed by atoms with van der Waals surface area (Å²) in [5.74, 6) is -0.637. The number of carbonyl (C=O) groups is 1. The standard InChI is InChI=1S/C14H18O4/c1-3-6-10(9-13(15)16)11-7-5-8-12(14(11)17)18-4-2/h5,7-9,17H,3-4,6H2,1-2H3,(H,15,16)/b10-9+. The van der Waals surface area contributed by atoms with Crippen molar-refractivity contribution in [1.29, 1.82) is 0 Å². The number of carboxylic acid groups (broad SMARTS) is 1. The number of allylic oxidation sites excluding steroid dienone is 1. The topological polar surface area (TPSA) is 66.8 Å². The van der Waals surface area contributed by atoms with Gasteiger partial charge in [0.15, 0.2) is 11.5 Å². The maximum Gasteiger partial charge on any atom is 0.328 e. The molecule has 0 amide bonds. The van der Waals surface area contributed by atoms with Crippen LogP contribution in [0.5, 0.6) is 11.5 Å². The molecule has 0 aliphatic carbocycles. The predicted molar refractivity (Wildman–Crippen MR) is 69.8 cm³/mol. The Labute approximate surface area is 107 Å². The maximum atomic E-state index is 10.8. The Balaban J connectivity index is 3.20. The first-order valence-corrected chi connectivity index (χ1v) is 5.98. The molecular formula is C14H18O4. The van der Waals surface area contributed by atoms with E-state index in [0.29, 0.717) is 29.9 Å². The molecule has 0 heterocycles. The van der Waals surface area contributed by atoms with E-state index in [-0.39, 0.29) is 5.75 Å². The van der Waals surface area contributed by atoms with Crippen LogP contribution in [0.2, 0.25) is 0 Å². The van der Waals surface area contributed by atoms with Gasteiger partial charge in [0.25, 0.3) is 0 Å². The highest BCUT2D eigenvalue weighted by atomic mass is 16.5. The smallest absolute Gasteiger partial charge is 0.328 e. The summed E-state index contributed by atoms with van der Waals surface area (Å²) in [5.41, 5.74) is 1.12. The van der Waals surface area contributed by atoms with Gasteiger partial charge in [0.1, 0.15) is 0 Å². The highest BCUT2D eigenvalue weighted by molar-refractivity contribution is 5.91. The summed E-state index contributed by atoms with van der Waals surface area (Å²) in [6.07, 6.45) is 2.53. The van der Waals surface area contributed by atoms with Crippen LogP contribution in [0.1, 0.15) is 32.3 Å². The lowest BCUT2D eigenvalue weighted by molar-refractivity contribution is -0.131. The van der Waals surface area contributed by atoms with Crippen molar-refractivity contribution in [3.63, 3.8) is 0 Å². The minimum absolute atomic E-state index is 0.000278. The van der Waals surface area contributed by atoms with E-state index in [1.807, 2.05) is 13.8 Å². The van der Waals surface area contributed by atoms with Crippen molar-refractivity contribution in [2.24, 2.45) is 0 Å². The molecule has 0 saturated heterocycles. The van der Waals surface area contributed by atoms with Crippen molar-refractivity contribution >= 4 is 11.5 Å². The summed E-state index contributed by atoms with van der Waals surface area (Å²) in [6.45, 7) is 4.23. The number of para-hydroxylation sites is 1. The average Bonchev–Trinajstić information content (AvgIpc) is 2.31. The van der Waals surface area contributed by atoms with Crippen molar-refractivity contribution in [1.82, 2.24) is 0 Å². The lowest BCUT2D eigenvalue weighted by Crippen LogP contribution is -1.96. The third kappa shape index (κ3) is 3.52. The van der Waals surface area contributed by atoms with Crippen LogP contribution in [-0.4, -0.2) is 22.8 Å². The van der Waals surface area contributed by atoms with E-state index in [0.717, 1.165) is 12.5 Å². The second kappa shape index (κ2) is 6.69. The molecule has 0 atom stereocenters. The highest BCUT2D eigenvalue weighted by Gasteiger charge is 2.12. The Hall–Kier alpha value is -1.97. The fraction of sp³-hybridized carbons (Fsp3) is 0.357. The Bertz CT molecular complexity index is 449. The zero-order valence-electron chi connectivity index (χ0n) is 10.6. The van der Waals surface area contributed by atoms with E-state index in [2.05, 4.69) is 0 Å². The van der Waals surface area contributed by atoms with Gasteiger partial charge in [-0.3, -0.25) is 0 Å². The third-order valence-corrected chi connectivity index (χ3v) is 2.46. The summed E-state index contributed by atoms with van der Waals surface area (Å²) >= 11 is 0. The third-order valence-electron chi connectivity index (χ3n) is 2.46. The van der Waals surface area contributed by atoms with E-state index in [4.69, 9.17) is 9.84 Å². The molecule has 0 unspecified atom stereocenters. The van der Waals surface area contributed by atoms with Crippen LogP contribution in [0.4, 0.5) is 0 Å². The molecule has 1 aromatic rings. The normalized spacial score (nSPS) is 11.3. The summed E-state index contributed by atoms with van der Waals surface area (Å²) < 4.78 is 5.29. The first-order chi connectivity index (χ1) is 8.60. The number of phenols is 1. The van der Waals surface area contributed by atoms with Crippen molar-refractivity contribution in [2.75, 3.05) is 6.61 Å². The minimum atomic E-state index is -1.01. The molecular weight excluding hydrogens is 232 g/mol. The molecule has 0 radical (unpaired) electrons. The van der Waals surface area contributed by atoms with Gasteiger partial charge >= 0.3 is 5.97 Å². The molecule has 4 nitrogen and oxygen atoms in total. The number of aliphatic carboxylic acids is 1. The van der Waals surface area contributed by atoms with Crippen LogP contribution in [0.3, 0.4) is 0 Å². The van der Waals surface area contributed by atoms with Gasteiger partial charge in [-0.05, 0) is 25.0 Å². The van der Waals surface area contributed by atoms with Gasteiger partial charge in [0, 0.05) is 11.6 Å². The van der Waals surface area contributed by atoms with E-state index < -0.39 is 5.97 Å². The number of hydrogen-bond acceptors (Lipinski definition) is 3. The van der Waals surface area contributed by atoms with Crippen LogP contribution in [0.25, 0.3) is 5.57 Å². The lowest BCUT2D eigenvalue weighted by atomic mass is 9.99. The quantitative estimate of drug-likeness (QED) is 0.761. The van der Waals surface area contributed by atoms with Crippen LogP contribution in [-0.2, 0) is 4.79 Å². The van der Waals surface area contributed by atoms with Gasteiger partial charge in [-0.15, -0.1) is 0 Å². The Morgan fingerprint density at radius 1 is 1.39 bits per heavy atom. The zero-order chi connectivity index (χ0) is 13.5. The molecule has 2 N–H and O–H groups in total. The number of hydrogen-bond donors (Lipinski definition) is 2. The molecule has 18 heavy (non-hydrogen) atoms. The molecule has 98 valence electrons. The number of benzene rings is 1. The van der Waals surface area contributed by atoms with Crippen LogP contribution in [0.15, 0.2) is 24.3 Å². The van der Waals surface area contributed by atoms with E-state index in [1.54, 1.807) is 18.2 Å². The van der Waals surface area contributed by atoms with Gasteiger partial charge in [0.05, 0.1) is 6.61 Å². The van der Waals surface area contributed by atoms with Crippen LogP contribution in [0, 0.1) is 0 Å². The number of aromatic hydroxyl groups is 1. The molecule has 0 bridgehead atoms. The second-order valence-electron chi connectivity index (χ2n) is 3.84. The lowest BCUT2D eigenvalue weighted by Gasteiger charge is -2.12. The number of carboxylic acids is 1. The summed E-state index contributed by atoms with van der Waals surface area (Å²) in [6, 6.07) is 5.10. The van der Waals surface area contributed by atoms with E-state index in [9.17, 15) is 9.90 Å². The summed E-state index contributed by atoms with van der Waals surface area (Å²) in [5, 5.41) is 18.9. The molecule has 1 rings (SSSR count). The van der Waals surface area contributed by atoms with Gasteiger partial charge in [-0.2, -0.15) is 0 Å². The van der Waals surface area contributed by atoms with Gasteiger partial charge < -0.3 is 14.9 Å². The van der Waals surface area contributed by atoms with E-state index in [1.165, 1.54) is 0 Å². The Morgan fingerprint density at radius 2 is 2.11 bits per heavy atom. The number of phenolic OH excluding ortho intramolecular Hbond substituents is 1. The monoisotopic (exact) mass is 250 g/mol. The molecule has 4 heteroatoms. The predicted octanol–water partition coefficient (Wildman–Crippen LogP) is 3.06. The van der Waals surface area contributed by atoms with Crippen molar-refractivity contribution in [2.45, 2.75) is 26.7 Å². The van der Waals surface area contributed by atoms with Crippen molar-refractivity contribution in [3.05, 3.63) is 29.8 Å². The average molecular weight is 250 g/mol. The Morgan fingerprint density at radius 3 is 2.67 bits per heavy atom. The molecule has 1 aromatic carbocycles. The van der Waals surface area contributed by atoms with Crippen LogP contribution < -0.4 is 4.74 Å². The van der Waals surface area contributed by atoms with Crippen molar-refractivity contribution < 1.29 is 19.7 Å². The molecule has 0 aromatic heterocycles. The Kier molecular flexibility index (Phi) is 5.24. The van der Waals surface area contributed by atoms with Crippen molar-refractivity contribution in [3.8, 4) is 11.5 Å².